The first-order chi connectivity index (χ1) is 9.89. The molecule has 0 aliphatic carbocycles. The van der Waals surface area contributed by atoms with Gasteiger partial charge in [-0.05, 0) is 19.3 Å². The lowest BCUT2D eigenvalue weighted by Gasteiger charge is -2.39. The van der Waals surface area contributed by atoms with Crippen molar-refractivity contribution in [2.45, 2.75) is 32.6 Å². The summed E-state index contributed by atoms with van der Waals surface area (Å²) in [7, 11) is 1.62. The number of rotatable bonds is 5. The normalized spacial score (nSPS) is 22.3. The Kier molecular flexibility index (Phi) is 4.15. The van der Waals surface area contributed by atoms with Gasteiger partial charge in [0.25, 0.3) is 0 Å². The molecule has 1 N–H and O–H groups in total. The Morgan fingerprint density at radius 3 is 2.90 bits per heavy atom. The minimum absolute atomic E-state index is 0.0739. The number of anilines is 1. The fraction of sp³-hybridized carbons (Fsp3) is 0.692. The van der Waals surface area contributed by atoms with Crippen LogP contribution >= 0.6 is 0 Å². The molecule has 1 saturated heterocycles. The zero-order valence-electron chi connectivity index (χ0n) is 12.3. The fourth-order valence-electron chi connectivity index (χ4n) is 3.09. The number of aliphatic carboxylic acids is 1. The Morgan fingerprint density at radius 2 is 2.33 bits per heavy atom. The van der Waals surface area contributed by atoms with Gasteiger partial charge in [0.05, 0.1) is 10.3 Å². The van der Waals surface area contributed by atoms with Gasteiger partial charge in [-0.3, -0.25) is 19.6 Å². The Hall–Kier alpha value is -2.12. The van der Waals surface area contributed by atoms with E-state index in [-0.39, 0.29) is 18.1 Å². The second kappa shape index (κ2) is 5.71. The molecule has 1 fully saturated rings. The molecule has 0 bridgehead atoms. The molecule has 0 aromatic carbocycles. The van der Waals surface area contributed by atoms with Gasteiger partial charge < -0.3 is 10.0 Å². The van der Waals surface area contributed by atoms with Crippen molar-refractivity contribution in [1.82, 2.24) is 9.78 Å². The van der Waals surface area contributed by atoms with Gasteiger partial charge in [0.2, 0.25) is 5.82 Å². The van der Waals surface area contributed by atoms with E-state index in [1.54, 1.807) is 11.9 Å². The quantitative estimate of drug-likeness (QED) is 0.656. The van der Waals surface area contributed by atoms with Crippen molar-refractivity contribution in [3.63, 3.8) is 0 Å². The van der Waals surface area contributed by atoms with Crippen LogP contribution in [-0.2, 0) is 11.8 Å². The number of carboxylic acid groups (broad SMARTS) is 1. The minimum atomic E-state index is -0.835. The highest BCUT2D eigenvalue weighted by atomic mass is 16.6. The smallest absolute Gasteiger partial charge is 0.330 e. The molecule has 0 amide bonds. The van der Waals surface area contributed by atoms with Gasteiger partial charge in [-0.1, -0.05) is 13.3 Å². The van der Waals surface area contributed by atoms with Crippen molar-refractivity contribution in [2.75, 3.05) is 18.0 Å². The van der Waals surface area contributed by atoms with E-state index >= 15 is 0 Å². The van der Waals surface area contributed by atoms with E-state index in [4.69, 9.17) is 0 Å². The van der Waals surface area contributed by atoms with E-state index in [2.05, 4.69) is 5.10 Å². The van der Waals surface area contributed by atoms with Gasteiger partial charge in [-0.25, -0.2) is 0 Å². The summed E-state index contributed by atoms with van der Waals surface area (Å²) in [5.74, 6) is -0.559. The van der Waals surface area contributed by atoms with Crippen LogP contribution in [0.25, 0.3) is 0 Å². The molecule has 2 heterocycles. The first-order valence-corrected chi connectivity index (χ1v) is 7.06. The second-order valence-corrected chi connectivity index (χ2v) is 5.63. The zero-order chi connectivity index (χ0) is 15.6. The fourth-order valence-corrected chi connectivity index (χ4v) is 3.09. The SMILES string of the molecule is CCCC1(C(=O)O)CCCN(c2nn(C)cc2[N+](=O)[O-])C1. The summed E-state index contributed by atoms with van der Waals surface area (Å²) in [5, 5.41) is 24.8. The molecule has 2 rings (SSSR count). The average Bonchev–Trinajstić information content (AvgIpc) is 2.81. The predicted molar refractivity (Wildman–Crippen MR) is 76.3 cm³/mol. The van der Waals surface area contributed by atoms with Gasteiger partial charge in [0.1, 0.15) is 6.20 Å². The van der Waals surface area contributed by atoms with Crippen LogP contribution in [0.2, 0.25) is 0 Å². The van der Waals surface area contributed by atoms with Crippen molar-refractivity contribution in [3.8, 4) is 0 Å². The van der Waals surface area contributed by atoms with Crippen molar-refractivity contribution in [3.05, 3.63) is 16.3 Å². The van der Waals surface area contributed by atoms with Crippen molar-refractivity contribution >= 4 is 17.5 Å². The van der Waals surface area contributed by atoms with E-state index in [1.165, 1.54) is 10.9 Å². The van der Waals surface area contributed by atoms with Gasteiger partial charge in [0, 0.05) is 20.1 Å². The lowest BCUT2D eigenvalue weighted by Crippen LogP contribution is -2.48. The molecule has 116 valence electrons. The van der Waals surface area contributed by atoms with E-state index < -0.39 is 16.3 Å². The third kappa shape index (κ3) is 2.84. The maximum Gasteiger partial charge on any atom is 0.330 e. The lowest BCUT2D eigenvalue weighted by atomic mass is 9.76. The summed E-state index contributed by atoms with van der Waals surface area (Å²) >= 11 is 0. The maximum absolute atomic E-state index is 11.7. The number of carbonyl (C=O) groups is 1. The molecule has 1 aliphatic heterocycles. The summed E-state index contributed by atoms with van der Waals surface area (Å²) in [6, 6.07) is 0. The van der Waals surface area contributed by atoms with Gasteiger partial charge in [-0.2, -0.15) is 0 Å². The van der Waals surface area contributed by atoms with Gasteiger partial charge >= 0.3 is 11.7 Å². The Labute approximate surface area is 122 Å². The topological polar surface area (TPSA) is 102 Å². The Balaban J connectivity index is 2.33. The molecule has 0 saturated carbocycles. The largest absolute Gasteiger partial charge is 0.481 e. The molecule has 8 heteroatoms. The van der Waals surface area contributed by atoms with Crippen LogP contribution in [0.5, 0.6) is 0 Å². The number of piperidine rings is 1. The average molecular weight is 296 g/mol. The summed E-state index contributed by atoms with van der Waals surface area (Å²) < 4.78 is 1.39. The molecule has 0 spiro atoms. The Bertz CT molecular complexity index is 552. The van der Waals surface area contributed by atoms with Crippen LogP contribution in [0.3, 0.4) is 0 Å². The van der Waals surface area contributed by atoms with Crippen LogP contribution in [0.4, 0.5) is 11.5 Å². The highest BCUT2D eigenvalue weighted by Crippen LogP contribution is 2.38. The zero-order valence-corrected chi connectivity index (χ0v) is 12.3. The molecule has 1 aromatic heterocycles. The van der Waals surface area contributed by atoms with Crippen LogP contribution < -0.4 is 4.90 Å². The first-order valence-electron chi connectivity index (χ1n) is 7.06. The molecule has 21 heavy (non-hydrogen) atoms. The summed E-state index contributed by atoms with van der Waals surface area (Å²) in [6.07, 6.45) is 3.99. The third-order valence-corrected chi connectivity index (χ3v) is 4.05. The Morgan fingerprint density at radius 1 is 1.62 bits per heavy atom. The highest BCUT2D eigenvalue weighted by molar-refractivity contribution is 5.76. The molecule has 1 unspecified atom stereocenters. The molecule has 1 aliphatic rings. The lowest BCUT2D eigenvalue weighted by molar-refractivity contribution is -0.384. The maximum atomic E-state index is 11.7. The standard InChI is InChI=1S/C13H20N4O4/c1-3-5-13(12(18)19)6-4-7-16(9-13)11-10(17(20)21)8-15(2)14-11/h8H,3-7,9H2,1-2H3,(H,18,19). The van der Waals surface area contributed by atoms with Crippen LogP contribution in [-0.4, -0.2) is 38.9 Å². The van der Waals surface area contributed by atoms with Gasteiger partial charge in [0.15, 0.2) is 0 Å². The number of nitro groups is 1. The predicted octanol–water partition coefficient (Wildman–Crippen LogP) is 1.80. The number of nitrogens with zero attached hydrogens (tertiary/aromatic N) is 4. The number of carboxylic acids is 1. The second-order valence-electron chi connectivity index (χ2n) is 5.63. The minimum Gasteiger partial charge on any atom is -0.481 e. The molecule has 1 atom stereocenters. The van der Waals surface area contributed by atoms with Crippen LogP contribution in [0.1, 0.15) is 32.6 Å². The molecule has 0 radical (unpaired) electrons. The van der Waals surface area contributed by atoms with E-state index in [9.17, 15) is 20.0 Å². The first kappa shape index (κ1) is 15.3. The number of aromatic nitrogens is 2. The van der Waals surface area contributed by atoms with Crippen LogP contribution in [0, 0.1) is 15.5 Å². The van der Waals surface area contributed by atoms with E-state index in [0.29, 0.717) is 25.8 Å². The van der Waals surface area contributed by atoms with Gasteiger partial charge in [-0.15, -0.1) is 5.10 Å². The highest BCUT2D eigenvalue weighted by Gasteiger charge is 2.43. The van der Waals surface area contributed by atoms with Crippen molar-refractivity contribution in [1.29, 1.82) is 0 Å². The molecule has 8 nitrogen and oxygen atoms in total. The molecular weight excluding hydrogens is 276 g/mol. The number of hydrogen-bond acceptors (Lipinski definition) is 5. The summed E-state index contributed by atoms with van der Waals surface area (Å²) in [5.41, 5.74) is -0.909. The van der Waals surface area contributed by atoms with Crippen LogP contribution in [0.15, 0.2) is 6.20 Å². The molecule has 1 aromatic rings. The number of hydrogen-bond donors (Lipinski definition) is 1. The molecular formula is C13H20N4O4. The van der Waals surface area contributed by atoms with E-state index in [1.807, 2.05) is 6.92 Å². The monoisotopic (exact) mass is 296 g/mol. The summed E-state index contributed by atoms with van der Waals surface area (Å²) in [6.45, 7) is 2.82. The van der Waals surface area contributed by atoms with Crippen molar-refractivity contribution in [2.24, 2.45) is 12.5 Å². The summed E-state index contributed by atoms with van der Waals surface area (Å²) in [4.78, 5) is 24.1. The third-order valence-electron chi connectivity index (χ3n) is 4.05. The van der Waals surface area contributed by atoms with E-state index in [0.717, 1.165) is 6.42 Å². The number of aryl methyl sites for hydroxylation is 1. The van der Waals surface area contributed by atoms with Crippen molar-refractivity contribution < 1.29 is 14.8 Å².